The fourth-order valence-corrected chi connectivity index (χ4v) is 4.48. The molecule has 1 aromatic carbocycles. The van der Waals surface area contributed by atoms with Crippen molar-refractivity contribution in [1.82, 2.24) is 0 Å². The van der Waals surface area contributed by atoms with Gasteiger partial charge >= 0.3 is 0 Å². The second-order valence-corrected chi connectivity index (χ2v) is 8.86. The van der Waals surface area contributed by atoms with Crippen LogP contribution in [-0.2, 0) is 13.8 Å². The summed E-state index contributed by atoms with van der Waals surface area (Å²) in [5, 5.41) is 11.2. The second kappa shape index (κ2) is 6.13. The molecule has 2 rings (SSSR count). The summed E-state index contributed by atoms with van der Waals surface area (Å²) in [4.78, 5) is 24.1. The lowest BCUT2D eigenvalue weighted by Crippen LogP contribution is -2.27. The van der Waals surface area contributed by atoms with Crippen molar-refractivity contribution in [2.24, 2.45) is 5.92 Å². The topological polar surface area (TPSA) is 97.6 Å². The van der Waals surface area contributed by atoms with E-state index < -0.39 is 19.9 Å². The molecule has 10 heteroatoms. The molecule has 0 radical (unpaired) electrons. The minimum Gasteiger partial charge on any atom is -0.306 e. The lowest BCUT2D eigenvalue weighted by atomic mass is 10.1. The van der Waals surface area contributed by atoms with Crippen molar-refractivity contribution in [3.05, 3.63) is 32.3 Å². The lowest BCUT2D eigenvalue weighted by Gasteiger charge is -2.19. The summed E-state index contributed by atoms with van der Waals surface area (Å²) in [6.45, 7) is 1.75. The first-order chi connectivity index (χ1) is 10.1. The average molecular weight is 412 g/mol. The van der Waals surface area contributed by atoms with E-state index in [0.29, 0.717) is 10.0 Å². The molecule has 1 amide bonds. The molecule has 1 aromatic rings. The monoisotopic (exact) mass is 410 g/mol. The molecule has 1 fully saturated rings. The van der Waals surface area contributed by atoms with Crippen LogP contribution < -0.4 is 4.90 Å². The molecular formula is C12H12BrClN2O5S. The first kappa shape index (κ1) is 17.2. The normalized spacial score (nSPS) is 18.8. The largest absolute Gasteiger partial charge is 0.306 e. The maximum absolute atomic E-state index is 12.1. The Kier molecular flexibility index (Phi) is 4.78. The molecule has 120 valence electrons. The van der Waals surface area contributed by atoms with Gasteiger partial charge in [0.1, 0.15) is 5.69 Å². The highest BCUT2D eigenvalue weighted by atomic mass is 79.9. The molecule has 7 nitrogen and oxygen atoms in total. The number of aryl methyl sites for hydroxylation is 1. The molecule has 1 atom stereocenters. The Morgan fingerprint density at radius 1 is 1.50 bits per heavy atom. The maximum atomic E-state index is 12.1. The molecule has 0 saturated carbocycles. The summed E-state index contributed by atoms with van der Waals surface area (Å²) in [6.07, 6.45) is -0.00138. The van der Waals surface area contributed by atoms with Crippen LogP contribution in [0.5, 0.6) is 0 Å². The van der Waals surface area contributed by atoms with Gasteiger partial charge in [0.15, 0.2) is 0 Å². The van der Waals surface area contributed by atoms with Crippen LogP contribution in [0.3, 0.4) is 0 Å². The number of amides is 1. The molecule has 1 aliphatic heterocycles. The van der Waals surface area contributed by atoms with Crippen LogP contribution in [0.1, 0.15) is 12.0 Å². The second-order valence-electron chi connectivity index (χ2n) is 5.13. The standard InChI is InChI=1S/C12H12BrClN2O5S/c1-7-2-9(13)4-10(16(18)19)12(7)15-5-8(3-11(15)17)6-22(14,20)21/h2,4,8H,3,5-6H2,1H3. The van der Waals surface area contributed by atoms with Gasteiger partial charge in [-0.3, -0.25) is 14.9 Å². The Balaban J connectivity index is 2.40. The SMILES string of the molecule is Cc1cc(Br)cc([N+](=O)[O-])c1N1CC(CS(=O)(=O)Cl)CC1=O. The third-order valence-electron chi connectivity index (χ3n) is 3.35. The molecule has 1 saturated heterocycles. The third kappa shape index (κ3) is 3.76. The van der Waals surface area contributed by atoms with Crippen LogP contribution in [0.2, 0.25) is 0 Å². The van der Waals surface area contributed by atoms with Gasteiger partial charge in [-0.1, -0.05) is 15.9 Å². The average Bonchev–Trinajstić information content (AvgIpc) is 2.66. The zero-order valence-corrected chi connectivity index (χ0v) is 14.6. The van der Waals surface area contributed by atoms with Crippen molar-refractivity contribution >= 4 is 52.9 Å². The number of rotatable bonds is 4. The molecular weight excluding hydrogens is 400 g/mol. The molecule has 0 aliphatic carbocycles. The molecule has 1 heterocycles. The fourth-order valence-electron chi connectivity index (χ4n) is 2.60. The van der Waals surface area contributed by atoms with Gasteiger partial charge in [-0.05, 0) is 18.6 Å². The van der Waals surface area contributed by atoms with Gasteiger partial charge in [0.05, 0.1) is 10.7 Å². The van der Waals surface area contributed by atoms with E-state index >= 15 is 0 Å². The third-order valence-corrected chi connectivity index (χ3v) is 5.06. The van der Waals surface area contributed by atoms with E-state index in [1.165, 1.54) is 11.0 Å². The molecule has 0 bridgehead atoms. The van der Waals surface area contributed by atoms with Crippen LogP contribution in [0.15, 0.2) is 16.6 Å². The van der Waals surface area contributed by atoms with Crippen molar-refractivity contribution in [2.45, 2.75) is 13.3 Å². The van der Waals surface area contributed by atoms with Gasteiger partial charge in [-0.25, -0.2) is 8.42 Å². The Labute approximate surface area is 139 Å². The zero-order valence-electron chi connectivity index (χ0n) is 11.5. The van der Waals surface area contributed by atoms with Gasteiger partial charge in [0.25, 0.3) is 5.69 Å². The molecule has 0 aromatic heterocycles. The number of carbonyl (C=O) groups is 1. The number of hydrogen-bond acceptors (Lipinski definition) is 5. The van der Waals surface area contributed by atoms with Gasteiger partial charge in [-0.15, -0.1) is 0 Å². The Morgan fingerprint density at radius 3 is 2.68 bits per heavy atom. The summed E-state index contributed by atoms with van der Waals surface area (Å²) < 4.78 is 22.8. The van der Waals surface area contributed by atoms with Crippen molar-refractivity contribution in [1.29, 1.82) is 0 Å². The first-order valence-corrected chi connectivity index (χ1v) is 9.53. The van der Waals surface area contributed by atoms with Gasteiger partial charge in [0.2, 0.25) is 15.0 Å². The molecule has 0 N–H and O–H groups in total. The number of nitro benzene ring substituents is 1. The highest BCUT2D eigenvalue weighted by Gasteiger charge is 2.37. The maximum Gasteiger partial charge on any atom is 0.294 e. The molecule has 1 unspecified atom stereocenters. The van der Waals surface area contributed by atoms with Gasteiger partial charge < -0.3 is 4.90 Å². The van der Waals surface area contributed by atoms with Crippen molar-refractivity contribution in [3.63, 3.8) is 0 Å². The summed E-state index contributed by atoms with van der Waals surface area (Å²) in [7, 11) is 1.49. The molecule has 1 aliphatic rings. The Bertz CT molecular complexity index is 752. The van der Waals surface area contributed by atoms with Crippen LogP contribution in [0.25, 0.3) is 0 Å². The van der Waals surface area contributed by atoms with Gasteiger partial charge in [0, 0.05) is 40.1 Å². The smallest absolute Gasteiger partial charge is 0.294 e. The van der Waals surface area contributed by atoms with E-state index in [9.17, 15) is 23.3 Å². The van der Waals surface area contributed by atoms with E-state index in [2.05, 4.69) is 15.9 Å². The quantitative estimate of drug-likeness (QED) is 0.431. The number of benzene rings is 1. The lowest BCUT2D eigenvalue weighted by molar-refractivity contribution is -0.384. The number of nitro groups is 1. The minimum atomic E-state index is -3.73. The first-order valence-electron chi connectivity index (χ1n) is 6.25. The van der Waals surface area contributed by atoms with Crippen LogP contribution in [-0.4, -0.2) is 31.5 Å². The van der Waals surface area contributed by atoms with Crippen LogP contribution in [0, 0.1) is 23.0 Å². The van der Waals surface area contributed by atoms with Gasteiger partial charge in [-0.2, -0.15) is 0 Å². The van der Waals surface area contributed by atoms with Crippen molar-refractivity contribution in [3.8, 4) is 0 Å². The summed E-state index contributed by atoms with van der Waals surface area (Å²) >= 11 is 3.19. The summed E-state index contributed by atoms with van der Waals surface area (Å²) in [6, 6.07) is 2.99. The Morgan fingerprint density at radius 2 is 2.14 bits per heavy atom. The number of carbonyl (C=O) groups excluding carboxylic acids is 1. The predicted octanol–water partition coefficient (Wildman–Crippen LogP) is 2.59. The van der Waals surface area contributed by atoms with E-state index in [1.807, 2.05) is 0 Å². The highest BCUT2D eigenvalue weighted by Crippen LogP contribution is 2.38. The zero-order chi connectivity index (χ0) is 16.7. The van der Waals surface area contributed by atoms with E-state index in [1.54, 1.807) is 13.0 Å². The van der Waals surface area contributed by atoms with E-state index in [0.717, 1.165) is 0 Å². The minimum absolute atomic E-state index is 0.00138. The van der Waals surface area contributed by atoms with Crippen LogP contribution >= 0.6 is 26.6 Å². The fraction of sp³-hybridized carbons (Fsp3) is 0.417. The van der Waals surface area contributed by atoms with Crippen molar-refractivity contribution in [2.75, 3.05) is 17.2 Å². The molecule has 22 heavy (non-hydrogen) atoms. The molecule has 0 spiro atoms. The highest BCUT2D eigenvalue weighted by molar-refractivity contribution is 9.10. The number of hydrogen-bond donors (Lipinski definition) is 0. The summed E-state index contributed by atoms with van der Waals surface area (Å²) in [5.74, 6) is -1.16. The summed E-state index contributed by atoms with van der Waals surface area (Å²) in [5.41, 5.74) is 0.561. The number of nitrogens with zero attached hydrogens (tertiary/aromatic N) is 2. The van der Waals surface area contributed by atoms with Crippen molar-refractivity contribution < 1.29 is 18.1 Å². The van der Waals surface area contributed by atoms with E-state index in [-0.39, 0.29) is 36.0 Å². The Hall–Kier alpha value is -1.19. The predicted molar refractivity (Wildman–Crippen MR) is 85.6 cm³/mol. The number of anilines is 1. The van der Waals surface area contributed by atoms with E-state index in [4.69, 9.17) is 10.7 Å². The number of halogens is 2. The van der Waals surface area contributed by atoms with Crippen LogP contribution in [0.4, 0.5) is 11.4 Å².